The van der Waals surface area contributed by atoms with Crippen molar-refractivity contribution >= 4 is 17.9 Å². The second-order valence-electron chi connectivity index (χ2n) is 7.64. The molecule has 0 unspecified atom stereocenters. The first kappa shape index (κ1) is 18.4. The van der Waals surface area contributed by atoms with Crippen LogP contribution in [0.15, 0.2) is 12.1 Å². The van der Waals surface area contributed by atoms with Crippen molar-refractivity contribution in [1.82, 2.24) is 4.90 Å². The van der Waals surface area contributed by atoms with Crippen LogP contribution < -0.4 is 4.90 Å². The highest BCUT2D eigenvalue weighted by molar-refractivity contribution is 5.91. The maximum Gasteiger partial charge on any atom is 0.414 e. The fraction of sp³-hybridized carbons (Fsp3) is 0.556. The van der Waals surface area contributed by atoms with Crippen LogP contribution in [0.1, 0.15) is 39.2 Å². The quantitative estimate of drug-likeness (QED) is 0.699. The fourth-order valence-corrected chi connectivity index (χ4v) is 3.37. The standard InChI is InChI=1S/C18H22F2N2O4/c1-17(2,3)25-16(24)22-9-7-18(8-10-22)13-12(21(4)15(23)26-18)6-5-11(19)14(13)20/h5-6H,7-10H2,1-4H3. The van der Waals surface area contributed by atoms with Gasteiger partial charge in [0, 0.05) is 33.0 Å². The smallest absolute Gasteiger partial charge is 0.414 e. The SMILES string of the molecule is CN1C(=O)OC2(CCN(C(=O)OC(C)(C)C)CC2)c2c1ccc(F)c2F. The Bertz CT molecular complexity index is 752. The average Bonchev–Trinajstić information content (AvgIpc) is 2.54. The molecule has 0 bridgehead atoms. The molecular weight excluding hydrogens is 346 g/mol. The Balaban J connectivity index is 1.89. The van der Waals surface area contributed by atoms with Crippen molar-refractivity contribution in [2.45, 2.75) is 44.8 Å². The van der Waals surface area contributed by atoms with E-state index in [0.29, 0.717) is 0 Å². The summed E-state index contributed by atoms with van der Waals surface area (Å²) in [5.74, 6) is -2.02. The monoisotopic (exact) mass is 368 g/mol. The molecule has 0 aromatic heterocycles. The number of carbonyl (C=O) groups is 2. The highest BCUT2D eigenvalue weighted by Crippen LogP contribution is 2.46. The third-order valence-corrected chi connectivity index (χ3v) is 4.67. The molecule has 3 rings (SSSR count). The Morgan fingerprint density at radius 1 is 1.23 bits per heavy atom. The molecular formula is C18H22F2N2O4. The number of anilines is 1. The van der Waals surface area contributed by atoms with Crippen molar-refractivity contribution in [3.8, 4) is 0 Å². The van der Waals surface area contributed by atoms with E-state index in [9.17, 15) is 18.4 Å². The lowest BCUT2D eigenvalue weighted by molar-refractivity contribution is -0.0489. The maximum atomic E-state index is 14.6. The van der Waals surface area contributed by atoms with E-state index < -0.39 is 35.0 Å². The summed E-state index contributed by atoms with van der Waals surface area (Å²) in [5.41, 5.74) is -1.60. The lowest BCUT2D eigenvalue weighted by atomic mass is 9.81. The third kappa shape index (κ3) is 3.08. The Labute approximate surface area is 150 Å². The Morgan fingerprint density at radius 2 is 1.85 bits per heavy atom. The molecule has 0 saturated carbocycles. The first-order valence-electron chi connectivity index (χ1n) is 8.47. The first-order chi connectivity index (χ1) is 12.0. The Morgan fingerprint density at radius 3 is 2.42 bits per heavy atom. The van der Waals surface area contributed by atoms with Gasteiger partial charge in [-0.3, -0.25) is 4.90 Å². The predicted octanol–water partition coefficient (Wildman–Crippen LogP) is 3.78. The number of benzene rings is 1. The van der Waals surface area contributed by atoms with Crippen molar-refractivity contribution in [3.05, 3.63) is 29.3 Å². The Hall–Kier alpha value is -2.38. The van der Waals surface area contributed by atoms with Crippen LogP contribution in [0.3, 0.4) is 0 Å². The first-order valence-corrected chi connectivity index (χ1v) is 8.47. The highest BCUT2D eigenvalue weighted by atomic mass is 19.2. The van der Waals surface area contributed by atoms with Crippen LogP contribution in [0.4, 0.5) is 24.1 Å². The van der Waals surface area contributed by atoms with Crippen LogP contribution in [0.5, 0.6) is 0 Å². The van der Waals surface area contributed by atoms with Gasteiger partial charge < -0.3 is 14.4 Å². The van der Waals surface area contributed by atoms with Gasteiger partial charge in [0.25, 0.3) is 0 Å². The number of nitrogens with zero attached hydrogens (tertiary/aromatic N) is 2. The zero-order chi connectivity index (χ0) is 19.3. The molecule has 142 valence electrons. The zero-order valence-electron chi connectivity index (χ0n) is 15.3. The van der Waals surface area contributed by atoms with E-state index in [4.69, 9.17) is 9.47 Å². The van der Waals surface area contributed by atoms with Crippen molar-refractivity contribution in [3.63, 3.8) is 0 Å². The zero-order valence-corrected chi connectivity index (χ0v) is 15.3. The number of piperidine rings is 1. The van der Waals surface area contributed by atoms with E-state index in [1.54, 1.807) is 20.8 Å². The lowest BCUT2D eigenvalue weighted by Gasteiger charge is -2.46. The summed E-state index contributed by atoms with van der Waals surface area (Å²) in [5, 5.41) is 0. The second-order valence-corrected chi connectivity index (χ2v) is 7.64. The number of amides is 2. The van der Waals surface area contributed by atoms with Crippen LogP contribution in [-0.2, 0) is 15.1 Å². The summed E-state index contributed by atoms with van der Waals surface area (Å²) < 4.78 is 39.3. The molecule has 0 radical (unpaired) electrons. The van der Waals surface area contributed by atoms with Crippen molar-refractivity contribution in [2.75, 3.05) is 25.0 Å². The molecule has 8 heteroatoms. The average molecular weight is 368 g/mol. The van der Waals surface area contributed by atoms with Crippen LogP contribution in [0, 0.1) is 11.6 Å². The van der Waals surface area contributed by atoms with Gasteiger partial charge in [0.2, 0.25) is 0 Å². The van der Waals surface area contributed by atoms with Crippen LogP contribution in [-0.4, -0.2) is 42.8 Å². The topological polar surface area (TPSA) is 59.1 Å². The normalized spacial score (nSPS) is 19.2. The lowest BCUT2D eigenvalue weighted by Crippen LogP contribution is -2.52. The summed E-state index contributed by atoms with van der Waals surface area (Å²) in [4.78, 5) is 27.1. The number of carbonyl (C=O) groups excluding carboxylic acids is 2. The maximum absolute atomic E-state index is 14.6. The van der Waals surface area contributed by atoms with Gasteiger partial charge in [-0.25, -0.2) is 18.4 Å². The van der Waals surface area contributed by atoms with Crippen LogP contribution in [0.2, 0.25) is 0 Å². The minimum atomic E-state index is -1.29. The minimum Gasteiger partial charge on any atom is -0.444 e. The summed E-state index contributed by atoms with van der Waals surface area (Å²) >= 11 is 0. The van der Waals surface area contributed by atoms with Gasteiger partial charge >= 0.3 is 12.2 Å². The third-order valence-electron chi connectivity index (χ3n) is 4.67. The highest BCUT2D eigenvalue weighted by Gasteiger charge is 2.49. The molecule has 0 N–H and O–H groups in total. The minimum absolute atomic E-state index is 0.0310. The molecule has 1 spiro atoms. The molecule has 2 amide bonds. The molecule has 6 nitrogen and oxygen atoms in total. The molecule has 1 aromatic rings. The van der Waals surface area contributed by atoms with E-state index >= 15 is 0 Å². The molecule has 1 aromatic carbocycles. The van der Waals surface area contributed by atoms with E-state index in [-0.39, 0.29) is 37.2 Å². The second kappa shape index (κ2) is 6.10. The van der Waals surface area contributed by atoms with E-state index in [2.05, 4.69) is 0 Å². The number of ether oxygens (including phenoxy) is 2. The Kier molecular flexibility index (Phi) is 4.32. The molecule has 1 saturated heterocycles. The predicted molar refractivity (Wildman–Crippen MR) is 90.0 cm³/mol. The molecule has 0 atom stereocenters. The molecule has 1 fully saturated rings. The number of likely N-dealkylation sites (tertiary alicyclic amines) is 1. The molecule has 0 aliphatic carbocycles. The van der Waals surface area contributed by atoms with Gasteiger partial charge in [-0.05, 0) is 32.9 Å². The van der Waals surface area contributed by atoms with Crippen LogP contribution >= 0.6 is 0 Å². The van der Waals surface area contributed by atoms with Crippen molar-refractivity contribution in [2.24, 2.45) is 0 Å². The van der Waals surface area contributed by atoms with E-state index in [0.717, 1.165) is 11.0 Å². The van der Waals surface area contributed by atoms with Crippen molar-refractivity contribution in [1.29, 1.82) is 0 Å². The van der Waals surface area contributed by atoms with Gasteiger partial charge in [-0.2, -0.15) is 0 Å². The van der Waals surface area contributed by atoms with Gasteiger partial charge in [-0.15, -0.1) is 0 Å². The van der Waals surface area contributed by atoms with Gasteiger partial charge in [-0.1, -0.05) is 0 Å². The van der Waals surface area contributed by atoms with E-state index in [1.807, 2.05) is 0 Å². The number of fused-ring (bicyclic) bond motifs is 2. The molecule has 26 heavy (non-hydrogen) atoms. The van der Waals surface area contributed by atoms with Crippen LogP contribution in [0.25, 0.3) is 0 Å². The molecule has 2 aliphatic heterocycles. The van der Waals surface area contributed by atoms with Crippen molar-refractivity contribution < 1.29 is 27.8 Å². The van der Waals surface area contributed by atoms with Gasteiger partial charge in [0.1, 0.15) is 11.2 Å². The van der Waals surface area contributed by atoms with Gasteiger partial charge in [0.05, 0.1) is 11.3 Å². The van der Waals surface area contributed by atoms with E-state index in [1.165, 1.54) is 18.0 Å². The summed E-state index contributed by atoms with van der Waals surface area (Å²) in [6, 6.07) is 2.36. The molecule has 2 heterocycles. The summed E-state index contributed by atoms with van der Waals surface area (Å²) in [6.07, 6.45) is -0.779. The number of rotatable bonds is 0. The number of halogens is 2. The van der Waals surface area contributed by atoms with Gasteiger partial charge in [0.15, 0.2) is 11.6 Å². The molecule has 2 aliphatic rings. The largest absolute Gasteiger partial charge is 0.444 e. The summed E-state index contributed by atoms with van der Waals surface area (Å²) in [6.45, 7) is 5.72. The summed E-state index contributed by atoms with van der Waals surface area (Å²) in [7, 11) is 1.45. The fourth-order valence-electron chi connectivity index (χ4n) is 3.37. The number of hydrogen-bond donors (Lipinski definition) is 0. The number of hydrogen-bond acceptors (Lipinski definition) is 4.